The van der Waals surface area contributed by atoms with Gasteiger partial charge < -0.3 is 0 Å². The molecule has 1 fully saturated rings. The quantitative estimate of drug-likeness (QED) is 0.746. The van der Waals surface area contributed by atoms with E-state index in [4.69, 9.17) is 11.6 Å². The minimum absolute atomic E-state index is 0.362. The van der Waals surface area contributed by atoms with E-state index < -0.39 is 0 Å². The molecule has 0 radical (unpaired) electrons. The van der Waals surface area contributed by atoms with E-state index in [1.807, 2.05) is 24.3 Å². The standard InChI is InChI=1S/C15H14BrClN2O/c16-11-6-3-7-12(8-11)19-15(17)13(9-20)14(18-19)10-4-1-2-5-10/h3,6-10H,1-2,4-5H2. The van der Waals surface area contributed by atoms with Crippen molar-refractivity contribution in [3.05, 3.63) is 45.1 Å². The van der Waals surface area contributed by atoms with E-state index in [9.17, 15) is 4.79 Å². The van der Waals surface area contributed by atoms with Crippen LogP contribution in [-0.4, -0.2) is 16.1 Å². The Bertz CT molecular complexity index is 647. The van der Waals surface area contributed by atoms with Crippen LogP contribution in [0, 0.1) is 0 Å². The number of hydrogen-bond donors (Lipinski definition) is 0. The number of rotatable bonds is 3. The summed E-state index contributed by atoms with van der Waals surface area (Å²) in [6, 6.07) is 7.73. The molecule has 20 heavy (non-hydrogen) atoms. The lowest BCUT2D eigenvalue weighted by atomic mass is 10.0. The van der Waals surface area contributed by atoms with Gasteiger partial charge in [0.1, 0.15) is 5.15 Å². The van der Waals surface area contributed by atoms with Crippen LogP contribution in [-0.2, 0) is 0 Å². The van der Waals surface area contributed by atoms with Crippen molar-refractivity contribution >= 4 is 33.8 Å². The van der Waals surface area contributed by atoms with Gasteiger partial charge in [0.2, 0.25) is 0 Å². The lowest BCUT2D eigenvalue weighted by Gasteiger charge is -2.05. The highest BCUT2D eigenvalue weighted by molar-refractivity contribution is 9.10. The summed E-state index contributed by atoms with van der Waals surface area (Å²) in [5.41, 5.74) is 2.25. The molecule has 104 valence electrons. The monoisotopic (exact) mass is 352 g/mol. The zero-order valence-electron chi connectivity index (χ0n) is 10.9. The van der Waals surface area contributed by atoms with E-state index in [-0.39, 0.29) is 0 Å². The molecule has 0 spiro atoms. The summed E-state index contributed by atoms with van der Waals surface area (Å²) < 4.78 is 2.61. The topological polar surface area (TPSA) is 34.9 Å². The lowest BCUT2D eigenvalue weighted by Crippen LogP contribution is -2.00. The predicted molar refractivity (Wildman–Crippen MR) is 82.9 cm³/mol. The molecule has 5 heteroatoms. The fourth-order valence-corrected chi connectivity index (χ4v) is 3.48. The third-order valence-corrected chi connectivity index (χ3v) is 4.66. The van der Waals surface area contributed by atoms with E-state index in [2.05, 4.69) is 21.0 Å². The van der Waals surface area contributed by atoms with Crippen molar-refractivity contribution in [2.24, 2.45) is 0 Å². The largest absolute Gasteiger partial charge is 0.298 e. The maximum Gasteiger partial charge on any atom is 0.155 e. The zero-order valence-corrected chi connectivity index (χ0v) is 13.2. The first-order valence-electron chi connectivity index (χ1n) is 6.70. The Morgan fingerprint density at radius 1 is 1.35 bits per heavy atom. The second kappa shape index (κ2) is 5.70. The molecule has 0 saturated heterocycles. The average Bonchev–Trinajstić information content (AvgIpc) is 3.05. The van der Waals surface area contributed by atoms with Gasteiger partial charge in [0.25, 0.3) is 0 Å². The van der Waals surface area contributed by atoms with Crippen molar-refractivity contribution in [3.8, 4) is 5.69 Å². The van der Waals surface area contributed by atoms with Crippen LogP contribution >= 0.6 is 27.5 Å². The van der Waals surface area contributed by atoms with E-state index in [1.165, 1.54) is 12.8 Å². The number of hydrogen-bond acceptors (Lipinski definition) is 2. The van der Waals surface area contributed by atoms with Gasteiger partial charge in [-0.05, 0) is 31.0 Å². The third kappa shape index (κ3) is 2.42. The van der Waals surface area contributed by atoms with Gasteiger partial charge >= 0.3 is 0 Å². The van der Waals surface area contributed by atoms with Gasteiger partial charge in [-0.1, -0.05) is 46.4 Å². The number of benzene rings is 1. The minimum atomic E-state index is 0.362. The van der Waals surface area contributed by atoms with Crippen LogP contribution in [0.25, 0.3) is 5.69 Å². The Hall–Kier alpha value is -1.13. The number of aromatic nitrogens is 2. The second-order valence-corrected chi connectivity index (χ2v) is 6.35. The van der Waals surface area contributed by atoms with E-state index in [0.29, 0.717) is 16.6 Å². The molecule has 0 amide bonds. The number of nitrogens with zero attached hydrogens (tertiary/aromatic N) is 2. The predicted octanol–water partition coefficient (Wildman–Crippen LogP) is 4.76. The van der Waals surface area contributed by atoms with Gasteiger partial charge in [-0.2, -0.15) is 5.10 Å². The maximum absolute atomic E-state index is 11.4. The number of carbonyl (C=O) groups excluding carboxylic acids is 1. The third-order valence-electron chi connectivity index (χ3n) is 3.80. The Labute approximate surface area is 131 Å². The van der Waals surface area contributed by atoms with Gasteiger partial charge in [-0.3, -0.25) is 4.79 Å². The molecule has 3 rings (SSSR count). The minimum Gasteiger partial charge on any atom is -0.298 e. The van der Waals surface area contributed by atoms with Crippen molar-refractivity contribution in [1.29, 1.82) is 0 Å². The van der Waals surface area contributed by atoms with Crippen LogP contribution in [0.2, 0.25) is 5.15 Å². The van der Waals surface area contributed by atoms with Gasteiger partial charge in [-0.15, -0.1) is 0 Å². The summed E-state index contributed by atoms with van der Waals surface area (Å²) in [4.78, 5) is 11.4. The summed E-state index contributed by atoms with van der Waals surface area (Å²) in [5.74, 6) is 0.362. The molecule has 1 saturated carbocycles. The van der Waals surface area contributed by atoms with Crippen molar-refractivity contribution < 1.29 is 4.79 Å². The molecule has 1 aliphatic rings. The van der Waals surface area contributed by atoms with Crippen LogP contribution in [0.4, 0.5) is 0 Å². The van der Waals surface area contributed by atoms with E-state index in [0.717, 1.165) is 35.0 Å². The SMILES string of the molecule is O=Cc1c(C2CCCC2)nn(-c2cccc(Br)c2)c1Cl. The Morgan fingerprint density at radius 3 is 2.75 bits per heavy atom. The van der Waals surface area contributed by atoms with Crippen LogP contribution < -0.4 is 0 Å². The maximum atomic E-state index is 11.4. The first-order chi connectivity index (χ1) is 9.70. The van der Waals surface area contributed by atoms with Crippen LogP contribution in [0.1, 0.15) is 47.7 Å². The molecule has 0 unspecified atom stereocenters. The number of halogens is 2. The molecule has 0 N–H and O–H groups in total. The lowest BCUT2D eigenvalue weighted by molar-refractivity contribution is 0.112. The van der Waals surface area contributed by atoms with Crippen molar-refractivity contribution in [2.75, 3.05) is 0 Å². The molecule has 1 aromatic heterocycles. The molecule has 1 aromatic carbocycles. The molecule has 1 aliphatic carbocycles. The highest BCUT2D eigenvalue weighted by Gasteiger charge is 2.26. The molecular formula is C15H14BrClN2O. The Balaban J connectivity index is 2.10. The number of carbonyl (C=O) groups is 1. The summed E-state index contributed by atoms with van der Waals surface area (Å²) in [7, 11) is 0. The van der Waals surface area contributed by atoms with Gasteiger partial charge in [0, 0.05) is 10.4 Å². The van der Waals surface area contributed by atoms with Gasteiger partial charge in [0.05, 0.1) is 16.9 Å². The van der Waals surface area contributed by atoms with E-state index in [1.54, 1.807) is 4.68 Å². The summed E-state index contributed by atoms with van der Waals surface area (Å²) in [6.07, 6.45) is 5.41. The molecule has 1 heterocycles. The smallest absolute Gasteiger partial charge is 0.155 e. The summed E-state index contributed by atoms with van der Waals surface area (Å²) >= 11 is 9.79. The Kier molecular flexibility index (Phi) is 3.94. The molecular weight excluding hydrogens is 340 g/mol. The normalized spacial score (nSPS) is 15.7. The molecule has 0 aliphatic heterocycles. The molecule has 0 atom stereocenters. The van der Waals surface area contributed by atoms with Gasteiger partial charge in [-0.25, -0.2) is 4.68 Å². The number of aldehydes is 1. The summed E-state index contributed by atoms with van der Waals surface area (Å²) in [5, 5.41) is 5.01. The fourth-order valence-electron chi connectivity index (χ4n) is 2.81. The van der Waals surface area contributed by atoms with Gasteiger partial charge in [0.15, 0.2) is 6.29 Å². The molecule has 2 aromatic rings. The van der Waals surface area contributed by atoms with Crippen LogP contribution in [0.3, 0.4) is 0 Å². The van der Waals surface area contributed by atoms with Crippen LogP contribution in [0.5, 0.6) is 0 Å². The summed E-state index contributed by atoms with van der Waals surface area (Å²) in [6.45, 7) is 0. The van der Waals surface area contributed by atoms with Crippen LogP contribution in [0.15, 0.2) is 28.7 Å². The zero-order chi connectivity index (χ0) is 14.1. The van der Waals surface area contributed by atoms with E-state index >= 15 is 0 Å². The van der Waals surface area contributed by atoms with Crippen molar-refractivity contribution in [2.45, 2.75) is 31.6 Å². The highest BCUT2D eigenvalue weighted by Crippen LogP contribution is 2.37. The molecule has 3 nitrogen and oxygen atoms in total. The van der Waals surface area contributed by atoms with Crippen molar-refractivity contribution in [3.63, 3.8) is 0 Å². The fraction of sp³-hybridized carbons (Fsp3) is 0.333. The molecule has 0 bridgehead atoms. The highest BCUT2D eigenvalue weighted by atomic mass is 79.9. The Morgan fingerprint density at radius 2 is 2.10 bits per heavy atom. The first-order valence-corrected chi connectivity index (χ1v) is 7.87. The first kappa shape index (κ1) is 13.8. The second-order valence-electron chi connectivity index (χ2n) is 5.08. The average molecular weight is 354 g/mol. The van der Waals surface area contributed by atoms with Crippen molar-refractivity contribution in [1.82, 2.24) is 9.78 Å².